The van der Waals surface area contributed by atoms with E-state index in [1.165, 1.54) is 5.76 Å². The summed E-state index contributed by atoms with van der Waals surface area (Å²) in [7, 11) is -1.39. The van der Waals surface area contributed by atoms with Crippen molar-refractivity contribution in [3.63, 3.8) is 0 Å². The lowest BCUT2D eigenvalue weighted by Crippen LogP contribution is -2.26. The lowest BCUT2D eigenvalue weighted by Gasteiger charge is -2.25. The quantitative estimate of drug-likeness (QED) is 0.479. The van der Waals surface area contributed by atoms with Crippen molar-refractivity contribution in [1.82, 2.24) is 0 Å². The fraction of sp³-hybridized carbons (Fsp3) is 0.800. The van der Waals surface area contributed by atoms with Crippen LogP contribution in [0, 0.1) is 5.92 Å². The van der Waals surface area contributed by atoms with Crippen molar-refractivity contribution in [2.45, 2.75) is 46.8 Å². The molecule has 2 heteroatoms. The van der Waals surface area contributed by atoms with Gasteiger partial charge in [-0.3, -0.25) is 0 Å². The molecule has 72 valence electrons. The molecule has 0 aliphatic rings. The van der Waals surface area contributed by atoms with Crippen LogP contribution < -0.4 is 0 Å². The average molecular weight is 186 g/mol. The zero-order valence-electron chi connectivity index (χ0n) is 9.27. The molecule has 0 heterocycles. The maximum absolute atomic E-state index is 5.94. The summed E-state index contributed by atoms with van der Waals surface area (Å²) >= 11 is 0. The molecule has 0 aromatic heterocycles. The molecular weight excluding hydrogens is 164 g/mol. The maximum Gasteiger partial charge on any atom is 0.241 e. The molecule has 0 rings (SSSR count). The van der Waals surface area contributed by atoms with Crippen LogP contribution in [0.15, 0.2) is 11.8 Å². The summed E-state index contributed by atoms with van der Waals surface area (Å²) in [5, 5.41) is 0. The number of allylic oxidation sites excluding steroid dienone is 2. The van der Waals surface area contributed by atoms with E-state index in [1.54, 1.807) is 0 Å². The van der Waals surface area contributed by atoms with Crippen LogP contribution in [0.2, 0.25) is 19.6 Å². The zero-order valence-corrected chi connectivity index (χ0v) is 10.3. The molecule has 0 unspecified atom stereocenters. The minimum Gasteiger partial charge on any atom is -0.547 e. The second kappa shape index (κ2) is 4.70. The summed E-state index contributed by atoms with van der Waals surface area (Å²) in [5.41, 5.74) is 0. The highest BCUT2D eigenvalue weighted by molar-refractivity contribution is 6.70. The van der Waals surface area contributed by atoms with Gasteiger partial charge in [0.25, 0.3) is 0 Å². The first-order chi connectivity index (χ1) is 5.40. The van der Waals surface area contributed by atoms with E-state index in [0.717, 1.165) is 6.42 Å². The molecule has 0 aliphatic carbocycles. The van der Waals surface area contributed by atoms with Crippen LogP contribution >= 0.6 is 0 Å². The second-order valence-corrected chi connectivity index (χ2v) is 8.64. The van der Waals surface area contributed by atoms with E-state index >= 15 is 0 Å². The zero-order chi connectivity index (χ0) is 9.78. The van der Waals surface area contributed by atoms with Crippen LogP contribution in [0.1, 0.15) is 27.2 Å². The van der Waals surface area contributed by atoms with Crippen molar-refractivity contribution in [2.75, 3.05) is 0 Å². The molecule has 0 saturated carbocycles. The molecule has 0 amide bonds. The molecule has 1 atom stereocenters. The third kappa shape index (κ3) is 4.60. The van der Waals surface area contributed by atoms with Gasteiger partial charge in [-0.2, -0.15) is 0 Å². The van der Waals surface area contributed by atoms with Gasteiger partial charge in [0, 0.05) is 5.92 Å². The van der Waals surface area contributed by atoms with Gasteiger partial charge >= 0.3 is 0 Å². The van der Waals surface area contributed by atoms with Crippen LogP contribution in [0.4, 0.5) is 0 Å². The Labute approximate surface area is 78.0 Å². The Morgan fingerprint density at radius 2 is 1.92 bits per heavy atom. The van der Waals surface area contributed by atoms with Gasteiger partial charge in [-0.1, -0.05) is 19.9 Å². The third-order valence-electron chi connectivity index (χ3n) is 1.81. The SMILES string of the molecule is CC=C(O[Si](C)(C)C)[C@@H](C)CC. The molecule has 0 aliphatic heterocycles. The maximum atomic E-state index is 5.94. The normalized spacial score (nSPS) is 16.0. The second-order valence-electron chi connectivity index (χ2n) is 4.21. The summed E-state index contributed by atoms with van der Waals surface area (Å²) in [4.78, 5) is 0. The lowest BCUT2D eigenvalue weighted by molar-refractivity contribution is 0.347. The van der Waals surface area contributed by atoms with Gasteiger partial charge in [0.05, 0.1) is 5.76 Å². The average Bonchev–Trinajstić information content (AvgIpc) is 1.97. The summed E-state index contributed by atoms with van der Waals surface area (Å²) in [6.45, 7) is 13.1. The first-order valence-electron chi connectivity index (χ1n) is 4.76. The molecule has 0 bridgehead atoms. The fourth-order valence-electron chi connectivity index (χ4n) is 0.999. The molecule has 0 saturated heterocycles. The monoisotopic (exact) mass is 186 g/mol. The van der Waals surface area contributed by atoms with Gasteiger partial charge in [-0.25, -0.2) is 0 Å². The van der Waals surface area contributed by atoms with Gasteiger partial charge in [-0.05, 0) is 33.0 Å². The van der Waals surface area contributed by atoms with E-state index in [1.807, 2.05) is 0 Å². The largest absolute Gasteiger partial charge is 0.547 e. The van der Waals surface area contributed by atoms with Gasteiger partial charge in [0.15, 0.2) is 0 Å². The van der Waals surface area contributed by atoms with Crippen LogP contribution in [0.5, 0.6) is 0 Å². The van der Waals surface area contributed by atoms with Gasteiger partial charge in [-0.15, -0.1) is 0 Å². The third-order valence-corrected chi connectivity index (χ3v) is 2.65. The first-order valence-corrected chi connectivity index (χ1v) is 8.16. The predicted molar refractivity (Wildman–Crippen MR) is 57.6 cm³/mol. The molecule has 0 radical (unpaired) electrons. The van der Waals surface area contributed by atoms with E-state index in [4.69, 9.17) is 4.43 Å². The Kier molecular flexibility index (Phi) is 4.61. The number of hydrogen-bond donors (Lipinski definition) is 0. The molecule has 0 fully saturated rings. The number of rotatable bonds is 4. The summed E-state index contributed by atoms with van der Waals surface area (Å²) < 4.78 is 5.94. The van der Waals surface area contributed by atoms with Gasteiger partial charge in [0.2, 0.25) is 8.32 Å². The highest BCUT2D eigenvalue weighted by atomic mass is 28.4. The topological polar surface area (TPSA) is 9.23 Å². The molecule has 1 nitrogen and oxygen atoms in total. The Morgan fingerprint density at radius 1 is 1.42 bits per heavy atom. The van der Waals surface area contributed by atoms with E-state index in [-0.39, 0.29) is 0 Å². The molecular formula is C10H22OSi. The Morgan fingerprint density at radius 3 is 2.17 bits per heavy atom. The molecule has 0 aromatic rings. The minimum absolute atomic E-state index is 0.571. The van der Waals surface area contributed by atoms with Crippen molar-refractivity contribution in [3.05, 3.63) is 11.8 Å². The fourth-order valence-corrected chi connectivity index (χ4v) is 2.02. The predicted octanol–water partition coefficient (Wildman–Crippen LogP) is 3.79. The van der Waals surface area contributed by atoms with E-state index in [0.29, 0.717) is 5.92 Å². The minimum atomic E-state index is -1.39. The van der Waals surface area contributed by atoms with Gasteiger partial charge in [0.1, 0.15) is 0 Å². The van der Waals surface area contributed by atoms with Crippen LogP contribution in [0.25, 0.3) is 0 Å². The molecule has 12 heavy (non-hydrogen) atoms. The molecule has 0 aromatic carbocycles. The van der Waals surface area contributed by atoms with Crippen LogP contribution in [0.3, 0.4) is 0 Å². The van der Waals surface area contributed by atoms with Gasteiger partial charge < -0.3 is 4.43 Å². The Hall–Kier alpha value is -0.243. The van der Waals surface area contributed by atoms with Crippen LogP contribution in [-0.2, 0) is 4.43 Å². The van der Waals surface area contributed by atoms with Crippen molar-refractivity contribution in [2.24, 2.45) is 5.92 Å². The molecule has 0 spiro atoms. The van der Waals surface area contributed by atoms with E-state index in [9.17, 15) is 0 Å². The van der Waals surface area contributed by atoms with Crippen molar-refractivity contribution >= 4 is 8.32 Å². The van der Waals surface area contributed by atoms with Crippen molar-refractivity contribution in [1.29, 1.82) is 0 Å². The smallest absolute Gasteiger partial charge is 0.241 e. The molecule has 0 N–H and O–H groups in total. The highest BCUT2D eigenvalue weighted by Crippen LogP contribution is 2.20. The van der Waals surface area contributed by atoms with E-state index < -0.39 is 8.32 Å². The highest BCUT2D eigenvalue weighted by Gasteiger charge is 2.19. The first kappa shape index (κ1) is 11.8. The summed E-state index contributed by atoms with van der Waals surface area (Å²) in [6.07, 6.45) is 3.26. The Bertz CT molecular complexity index is 156. The van der Waals surface area contributed by atoms with Crippen molar-refractivity contribution in [3.8, 4) is 0 Å². The van der Waals surface area contributed by atoms with Crippen molar-refractivity contribution < 1.29 is 4.43 Å². The standard InChI is InChI=1S/C10H22OSi/c1-7-9(3)10(8-2)11-12(4,5)6/h8-9H,7H2,1-6H3/t9-/m0/s1. The Balaban J connectivity index is 4.21. The summed E-state index contributed by atoms with van der Waals surface area (Å²) in [5.74, 6) is 1.75. The lowest BCUT2D eigenvalue weighted by atomic mass is 10.1. The van der Waals surface area contributed by atoms with Crippen LogP contribution in [-0.4, -0.2) is 8.32 Å². The number of hydrogen-bond acceptors (Lipinski definition) is 1. The van der Waals surface area contributed by atoms with E-state index in [2.05, 4.69) is 46.5 Å². The summed E-state index contributed by atoms with van der Waals surface area (Å²) in [6, 6.07) is 0.